The molecule has 0 unspecified atom stereocenters. The van der Waals surface area contributed by atoms with Crippen molar-refractivity contribution < 1.29 is 19.5 Å². The summed E-state index contributed by atoms with van der Waals surface area (Å²) >= 11 is 1.52. The van der Waals surface area contributed by atoms with Crippen molar-refractivity contribution in [2.45, 2.75) is 25.3 Å². The van der Waals surface area contributed by atoms with Crippen LogP contribution in [0.5, 0.6) is 0 Å². The second kappa shape index (κ2) is 8.76. The van der Waals surface area contributed by atoms with Gasteiger partial charge in [-0.25, -0.2) is 9.59 Å². The van der Waals surface area contributed by atoms with E-state index in [9.17, 15) is 14.4 Å². The van der Waals surface area contributed by atoms with E-state index in [0.717, 1.165) is 25.9 Å². The fourth-order valence-corrected chi connectivity index (χ4v) is 2.56. The average Bonchev–Trinajstić information content (AvgIpc) is 2.96. The molecule has 0 bridgehead atoms. The molecule has 0 aliphatic carbocycles. The number of carboxylic acids is 1. The fraction of sp³-hybridized carbons (Fsp3) is 0.769. The number of urea groups is 1. The number of amides is 3. The van der Waals surface area contributed by atoms with Gasteiger partial charge in [-0.05, 0) is 31.3 Å². The van der Waals surface area contributed by atoms with Gasteiger partial charge in [0.15, 0.2) is 0 Å². The average molecular weight is 317 g/mol. The molecule has 0 saturated carbocycles. The lowest BCUT2D eigenvalue weighted by Crippen LogP contribution is -2.49. The molecule has 120 valence electrons. The SMILES string of the molecule is CSCC[C@H](NC(=O)N(C)CC(=O)N1CCCC1)C(=O)O. The summed E-state index contributed by atoms with van der Waals surface area (Å²) in [5, 5.41) is 11.5. The van der Waals surface area contributed by atoms with Crippen LogP contribution in [0, 0.1) is 0 Å². The zero-order valence-corrected chi connectivity index (χ0v) is 13.3. The molecule has 0 radical (unpaired) electrons. The molecule has 2 N–H and O–H groups in total. The Hall–Kier alpha value is -1.44. The van der Waals surface area contributed by atoms with E-state index < -0.39 is 18.0 Å². The van der Waals surface area contributed by atoms with Gasteiger partial charge >= 0.3 is 12.0 Å². The second-order valence-corrected chi connectivity index (χ2v) is 6.05. The van der Waals surface area contributed by atoms with Crippen LogP contribution in [-0.2, 0) is 9.59 Å². The first-order valence-electron chi connectivity index (χ1n) is 6.97. The van der Waals surface area contributed by atoms with Crippen LogP contribution in [0.1, 0.15) is 19.3 Å². The van der Waals surface area contributed by atoms with Crippen LogP contribution in [-0.4, -0.2) is 77.5 Å². The molecule has 1 atom stereocenters. The lowest BCUT2D eigenvalue weighted by atomic mass is 10.2. The maximum atomic E-state index is 11.9. The van der Waals surface area contributed by atoms with E-state index in [4.69, 9.17) is 5.11 Å². The number of thioether (sulfide) groups is 1. The number of carbonyl (C=O) groups is 3. The summed E-state index contributed by atoms with van der Waals surface area (Å²) in [6.07, 6.45) is 4.23. The zero-order chi connectivity index (χ0) is 15.8. The second-order valence-electron chi connectivity index (χ2n) is 5.07. The van der Waals surface area contributed by atoms with Crippen LogP contribution < -0.4 is 5.32 Å². The number of nitrogens with one attached hydrogen (secondary N) is 1. The Bertz CT molecular complexity index is 386. The van der Waals surface area contributed by atoms with Crippen molar-refractivity contribution in [3.05, 3.63) is 0 Å². The van der Waals surface area contributed by atoms with E-state index >= 15 is 0 Å². The molecule has 0 aromatic heterocycles. The van der Waals surface area contributed by atoms with Crippen molar-refractivity contribution in [2.24, 2.45) is 0 Å². The third kappa shape index (κ3) is 5.82. The van der Waals surface area contributed by atoms with E-state index in [2.05, 4.69) is 5.32 Å². The Morgan fingerprint density at radius 3 is 2.48 bits per heavy atom. The summed E-state index contributed by atoms with van der Waals surface area (Å²) in [6, 6.07) is -1.45. The molecule has 1 rings (SSSR count). The molecule has 1 aliphatic rings. The first-order valence-corrected chi connectivity index (χ1v) is 8.36. The van der Waals surface area contributed by atoms with Crippen LogP contribution in [0.3, 0.4) is 0 Å². The summed E-state index contributed by atoms with van der Waals surface area (Å²) in [6.45, 7) is 1.44. The monoisotopic (exact) mass is 317 g/mol. The number of hydrogen-bond donors (Lipinski definition) is 2. The summed E-state index contributed by atoms with van der Waals surface area (Å²) < 4.78 is 0. The first-order chi connectivity index (χ1) is 9.95. The molecule has 1 heterocycles. The van der Waals surface area contributed by atoms with Crippen LogP contribution in [0.15, 0.2) is 0 Å². The number of carbonyl (C=O) groups excluding carboxylic acids is 2. The molecule has 0 spiro atoms. The minimum atomic E-state index is -1.06. The first kappa shape index (κ1) is 17.6. The standard InChI is InChI=1S/C13H23N3O4S/c1-15(9-11(17)16-6-3-4-7-16)13(20)14-10(12(18)19)5-8-21-2/h10H,3-9H2,1-2H3,(H,14,20)(H,18,19)/t10-/m0/s1. The minimum Gasteiger partial charge on any atom is -0.480 e. The predicted octanol–water partition coefficient (Wildman–Crippen LogP) is 0.457. The summed E-state index contributed by atoms with van der Waals surface area (Å²) in [7, 11) is 1.50. The van der Waals surface area contributed by atoms with Gasteiger partial charge in [0.25, 0.3) is 0 Å². The number of nitrogens with zero attached hydrogens (tertiary/aromatic N) is 2. The van der Waals surface area contributed by atoms with Crippen molar-refractivity contribution in [3.63, 3.8) is 0 Å². The Balaban J connectivity index is 2.44. The van der Waals surface area contributed by atoms with Crippen LogP contribution in [0.4, 0.5) is 4.79 Å². The third-order valence-electron chi connectivity index (χ3n) is 3.38. The maximum Gasteiger partial charge on any atom is 0.326 e. The van der Waals surface area contributed by atoms with Crippen molar-refractivity contribution >= 4 is 29.7 Å². The van der Waals surface area contributed by atoms with E-state index in [0.29, 0.717) is 12.2 Å². The molecule has 1 aliphatic heterocycles. The Morgan fingerprint density at radius 1 is 1.33 bits per heavy atom. The van der Waals surface area contributed by atoms with Gasteiger partial charge in [-0.1, -0.05) is 0 Å². The van der Waals surface area contributed by atoms with Gasteiger partial charge < -0.3 is 20.2 Å². The van der Waals surface area contributed by atoms with Gasteiger partial charge in [0.1, 0.15) is 12.6 Å². The molecule has 7 nitrogen and oxygen atoms in total. The highest BCUT2D eigenvalue weighted by Gasteiger charge is 2.24. The van der Waals surface area contributed by atoms with Crippen molar-refractivity contribution in [1.82, 2.24) is 15.1 Å². The third-order valence-corrected chi connectivity index (χ3v) is 4.03. The molecule has 3 amide bonds. The number of aliphatic carboxylic acids is 1. The van der Waals surface area contributed by atoms with Gasteiger partial charge in [-0.3, -0.25) is 4.79 Å². The molecule has 1 saturated heterocycles. The zero-order valence-electron chi connectivity index (χ0n) is 12.5. The minimum absolute atomic E-state index is 0.0271. The van der Waals surface area contributed by atoms with E-state index in [1.807, 2.05) is 6.26 Å². The van der Waals surface area contributed by atoms with Gasteiger partial charge in [-0.15, -0.1) is 0 Å². The van der Waals surface area contributed by atoms with Crippen molar-refractivity contribution in [2.75, 3.05) is 38.7 Å². The van der Waals surface area contributed by atoms with Crippen molar-refractivity contribution in [1.29, 1.82) is 0 Å². The Labute approximate surface area is 129 Å². The molecule has 0 aromatic carbocycles. The summed E-state index contributed by atoms with van der Waals surface area (Å²) in [5.74, 6) is -0.508. The fourth-order valence-electron chi connectivity index (χ4n) is 2.09. The number of likely N-dealkylation sites (N-methyl/N-ethyl adjacent to an activating group) is 1. The summed E-state index contributed by atoms with van der Waals surface area (Å²) in [4.78, 5) is 37.9. The molecule has 8 heteroatoms. The number of hydrogen-bond acceptors (Lipinski definition) is 4. The smallest absolute Gasteiger partial charge is 0.326 e. The number of likely N-dealkylation sites (tertiary alicyclic amines) is 1. The largest absolute Gasteiger partial charge is 0.480 e. The van der Waals surface area contributed by atoms with E-state index in [1.54, 1.807) is 4.90 Å². The Kier molecular flexibility index (Phi) is 7.35. The van der Waals surface area contributed by atoms with Gasteiger partial charge in [0.05, 0.1) is 0 Å². The van der Waals surface area contributed by atoms with Crippen LogP contribution in [0.2, 0.25) is 0 Å². The van der Waals surface area contributed by atoms with E-state index in [-0.39, 0.29) is 12.5 Å². The normalized spacial score (nSPS) is 15.6. The molecule has 1 fully saturated rings. The van der Waals surface area contributed by atoms with Crippen LogP contribution in [0.25, 0.3) is 0 Å². The van der Waals surface area contributed by atoms with Gasteiger partial charge in [-0.2, -0.15) is 11.8 Å². The quantitative estimate of drug-likeness (QED) is 0.712. The highest BCUT2D eigenvalue weighted by molar-refractivity contribution is 7.98. The van der Waals surface area contributed by atoms with Crippen LogP contribution >= 0.6 is 11.8 Å². The molecule has 21 heavy (non-hydrogen) atoms. The van der Waals surface area contributed by atoms with Gasteiger partial charge in [0, 0.05) is 20.1 Å². The lowest BCUT2D eigenvalue weighted by molar-refractivity contribution is -0.139. The van der Waals surface area contributed by atoms with Gasteiger partial charge in [0.2, 0.25) is 5.91 Å². The highest BCUT2D eigenvalue weighted by atomic mass is 32.2. The molecular weight excluding hydrogens is 294 g/mol. The topological polar surface area (TPSA) is 90.0 Å². The molecule has 0 aromatic rings. The number of rotatable bonds is 7. The molecular formula is C13H23N3O4S. The van der Waals surface area contributed by atoms with Crippen molar-refractivity contribution in [3.8, 4) is 0 Å². The lowest BCUT2D eigenvalue weighted by Gasteiger charge is -2.23. The highest BCUT2D eigenvalue weighted by Crippen LogP contribution is 2.08. The number of carboxylic acid groups (broad SMARTS) is 1. The predicted molar refractivity (Wildman–Crippen MR) is 81.4 cm³/mol. The summed E-state index contributed by atoms with van der Waals surface area (Å²) in [5.41, 5.74) is 0. The maximum absolute atomic E-state index is 11.9. The Morgan fingerprint density at radius 2 is 1.95 bits per heavy atom. The van der Waals surface area contributed by atoms with E-state index in [1.165, 1.54) is 23.7 Å².